The number of aromatic nitrogens is 1. The Kier molecular flexibility index (Phi) is 6.02. The SMILES string of the molecule is CCCOc1ccc(-c2ncc(CNCC)s2)cc1OC. The number of thiazole rings is 1. The maximum absolute atomic E-state index is 5.67. The van der Waals surface area contributed by atoms with Gasteiger partial charge in [0.25, 0.3) is 0 Å². The molecule has 0 saturated carbocycles. The van der Waals surface area contributed by atoms with E-state index in [1.54, 1.807) is 18.4 Å². The Morgan fingerprint density at radius 2 is 2.10 bits per heavy atom. The highest BCUT2D eigenvalue weighted by Gasteiger charge is 2.10. The van der Waals surface area contributed by atoms with E-state index in [0.29, 0.717) is 6.61 Å². The molecule has 5 heteroatoms. The van der Waals surface area contributed by atoms with E-state index in [-0.39, 0.29) is 0 Å². The van der Waals surface area contributed by atoms with E-state index < -0.39 is 0 Å². The maximum atomic E-state index is 5.67. The lowest BCUT2D eigenvalue weighted by molar-refractivity contribution is 0.294. The molecule has 1 N–H and O–H groups in total. The molecule has 1 aromatic heterocycles. The summed E-state index contributed by atoms with van der Waals surface area (Å²) in [4.78, 5) is 5.72. The van der Waals surface area contributed by atoms with E-state index in [1.165, 1.54) is 4.88 Å². The van der Waals surface area contributed by atoms with Gasteiger partial charge in [-0.15, -0.1) is 11.3 Å². The quantitative estimate of drug-likeness (QED) is 0.807. The van der Waals surface area contributed by atoms with Gasteiger partial charge in [-0.1, -0.05) is 13.8 Å². The Bertz CT molecular complexity index is 569. The molecular formula is C16H22N2O2S. The van der Waals surface area contributed by atoms with Gasteiger partial charge in [-0.3, -0.25) is 0 Å². The summed E-state index contributed by atoms with van der Waals surface area (Å²) < 4.78 is 11.1. The molecule has 0 radical (unpaired) electrons. The fraction of sp³-hybridized carbons (Fsp3) is 0.438. The van der Waals surface area contributed by atoms with Crippen LogP contribution < -0.4 is 14.8 Å². The molecular weight excluding hydrogens is 284 g/mol. The number of hydrogen-bond acceptors (Lipinski definition) is 5. The van der Waals surface area contributed by atoms with Crippen molar-refractivity contribution >= 4 is 11.3 Å². The minimum Gasteiger partial charge on any atom is -0.493 e. The number of benzene rings is 1. The predicted molar refractivity (Wildman–Crippen MR) is 87.3 cm³/mol. The second kappa shape index (κ2) is 8.00. The van der Waals surface area contributed by atoms with Crippen LogP contribution in [0.1, 0.15) is 25.1 Å². The molecule has 2 aromatic rings. The lowest BCUT2D eigenvalue weighted by atomic mass is 10.2. The van der Waals surface area contributed by atoms with Gasteiger partial charge in [-0.05, 0) is 31.2 Å². The molecule has 0 fully saturated rings. The zero-order valence-corrected chi connectivity index (χ0v) is 13.6. The normalized spacial score (nSPS) is 10.6. The summed E-state index contributed by atoms with van der Waals surface area (Å²) in [6.45, 7) is 6.71. The molecule has 0 aliphatic carbocycles. The van der Waals surface area contributed by atoms with E-state index in [1.807, 2.05) is 24.4 Å². The van der Waals surface area contributed by atoms with Crippen LogP contribution >= 0.6 is 11.3 Å². The van der Waals surface area contributed by atoms with Crippen LogP contribution in [-0.2, 0) is 6.54 Å². The Morgan fingerprint density at radius 1 is 1.24 bits per heavy atom. The molecule has 0 unspecified atom stereocenters. The van der Waals surface area contributed by atoms with Crippen molar-refractivity contribution in [3.8, 4) is 22.1 Å². The average Bonchev–Trinajstić information content (AvgIpc) is 2.99. The van der Waals surface area contributed by atoms with Gasteiger partial charge in [0.2, 0.25) is 0 Å². The third-order valence-electron chi connectivity index (χ3n) is 2.98. The summed E-state index contributed by atoms with van der Waals surface area (Å²) in [7, 11) is 1.66. The topological polar surface area (TPSA) is 43.4 Å². The second-order valence-corrected chi connectivity index (χ2v) is 5.74. The van der Waals surface area contributed by atoms with Crippen molar-refractivity contribution in [2.75, 3.05) is 20.3 Å². The van der Waals surface area contributed by atoms with Crippen molar-refractivity contribution in [1.82, 2.24) is 10.3 Å². The first kappa shape index (κ1) is 15.8. The molecule has 114 valence electrons. The second-order valence-electron chi connectivity index (χ2n) is 4.63. The largest absolute Gasteiger partial charge is 0.493 e. The lowest BCUT2D eigenvalue weighted by Gasteiger charge is -2.10. The first-order valence-corrected chi connectivity index (χ1v) is 8.06. The van der Waals surface area contributed by atoms with Crippen LogP contribution in [0.2, 0.25) is 0 Å². The molecule has 21 heavy (non-hydrogen) atoms. The Hall–Kier alpha value is -1.59. The van der Waals surface area contributed by atoms with E-state index in [2.05, 4.69) is 24.1 Å². The number of rotatable bonds is 8. The molecule has 1 aromatic carbocycles. The Balaban J connectivity index is 2.17. The fourth-order valence-corrected chi connectivity index (χ4v) is 2.78. The van der Waals surface area contributed by atoms with Gasteiger partial charge >= 0.3 is 0 Å². The molecule has 0 saturated heterocycles. The highest BCUT2D eigenvalue weighted by Crippen LogP contribution is 2.34. The van der Waals surface area contributed by atoms with Crippen LogP contribution in [0.25, 0.3) is 10.6 Å². The van der Waals surface area contributed by atoms with Crippen LogP contribution in [0.3, 0.4) is 0 Å². The summed E-state index contributed by atoms with van der Waals surface area (Å²) in [5, 5.41) is 4.31. The summed E-state index contributed by atoms with van der Waals surface area (Å²) >= 11 is 1.70. The van der Waals surface area contributed by atoms with Crippen molar-refractivity contribution < 1.29 is 9.47 Å². The summed E-state index contributed by atoms with van der Waals surface area (Å²) in [6, 6.07) is 5.97. The van der Waals surface area contributed by atoms with Crippen LogP contribution in [-0.4, -0.2) is 25.2 Å². The Morgan fingerprint density at radius 3 is 2.81 bits per heavy atom. The molecule has 1 heterocycles. The number of nitrogens with one attached hydrogen (secondary N) is 1. The molecule has 0 spiro atoms. The van der Waals surface area contributed by atoms with Crippen LogP contribution in [0.4, 0.5) is 0 Å². The zero-order chi connectivity index (χ0) is 15.1. The fourth-order valence-electron chi connectivity index (χ4n) is 1.90. The molecule has 0 bridgehead atoms. The van der Waals surface area contributed by atoms with Crippen LogP contribution in [0.5, 0.6) is 11.5 Å². The van der Waals surface area contributed by atoms with Crippen molar-refractivity contribution in [3.63, 3.8) is 0 Å². The summed E-state index contributed by atoms with van der Waals surface area (Å²) in [6.07, 6.45) is 2.90. The molecule has 2 rings (SSSR count). The number of ether oxygens (including phenoxy) is 2. The van der Waals surface area contributed by atoms with Gasteiger partial charge in [-0.25, -0.2) is 4.98 Å². The van der Waals surface area contributed by atoms with Crippen molar-refractivity contribution in [2.24, 2.45) is 0 Å². The van der Waals surface area contributed by atoms with Gasteiger partial charge in [0.1, 0.15) is 5.01 Å². The lowest BCUT2D eigenvalue weighted by Crippen LogP contribution is -2.10. The van der Waals surface area contributed by atoms with Crippen LogP contribution in [0.15, 0.2) is 24.4 Å². The molecule has 0 atom stereocenters. The standard InChI is InChI=1S/C16H22N2O2S/c1-4-8-20-14-7-6-12(9-15(14)19-3)16-18-11-13(21-16)10-17-5-2/h6-7,9,11,17H,4-5,8,10H2,1-3H3. The van der Waals surface area contributed by atoms with Gasteiger partial charge in [0.05, 0.1) is 13.7 Å². The van der Waals surface area contributed by atoms with Gasteiger partial charge in [0, 0.05) is 23.2 Å². The third-order valence-corrected chi connectivity index (χ3v) is 4.02. The minimum atomic E-state index is 0.694. The maximum Gasteiger partial charge on any atom is 0.161 e. The van der Waals surface area contributed by atoms with Gasteiger partial charge in [-0.2, -0.15) is 0 Å². The highest BCUT2D eigenvalue weighted by atomic mass is 32.1. The molecule has 4 nitrogen and oxygen atoms in total. The van der Waals surface area contributed by atoms with Gasteiger partial charge in [0.15, 0.2) is 11.5 Å². The number of methoxy groups -OCH3 is 1. The van der Waals surface area contributed by atoms with Crippen molar-refractivity contribution in [3.05, 3.63) is 29.3 Å². The minimum absolute atomic E-state index is 0.694. The van der Waals surface area contributed by atoms with Crippen molar-refractivity contribution in [1.29, 1.82) is 0 Å². The zero-order valence-electron chi connectivity index (χ0n) is 12.8. The van der Waals surface area contributed by atoms with Gasteiger partial charge < -0.3 is 14.8 Å². The molecule has 0 aliphatic heterocycles. The highest BCUT2D eigenvalue weighted by molar-refractivity contribution is 7.15. The van der Waals surface area contributed by atoms with Crippen LogP contribution in [0, 0.1) is 0 Å². The van der Waals surface area contributed by atoms with E-state index in [9.17, 15) is 0 Å². The summed E-state index contributed by atoms with van der Waals surface area (Å²) in [5.74, 6) is 1.54. The van der Waals surface area contributed by atoms with E-state index in [0.717, 1.165) is 41.6 Å². The smallest absolute Gasteiger partial charge is 0.161 e. The average molecular weight is 306 g/mol. The monoisotopic (exact) mass is 306 g/mol. The summed E-state index contributed by atoms with van der Waals surface area (Å²) in [5.41, 5.74) is 1.06. The third kappa shape index (κ3) is 4.19. The van der Waals surface area contributed by atoms with E-state index in [4.69, 9.17) is 9.47 Å². The molecule has 0 amide bonds. The Labute approximate surface area is 130 Å². The predicted octanol–water partition coefficient (Wildman–Crippen LogP) is 3.72. The van der Waals surface area contributed by atoms with E-state index >= 15 is 0 Å². The molecule has 0 aliphatic rings. The number of hydrogen-bond donors (Lipinski definition) is 1. The first-order valence-electron chi connectivity index (χ1n) is 7.25. The van der Waals surface area contributed by atoms with Crippen molar-refractivity contribution in [2.45, 2.75) is 26.8 Å². The number of nitrogens with zero attached hydrogens (tertiary/aromatic N) is 1. The first-order chi connectivity index (χ1) is 10.3.